The number of piperazine rings is 1. The van der Waals surface area contributed by atoms with Gasteiger partial charge < -0.3 is 4.90 Å². The summed E-state index contributed by atoms with van der Waals surface area (Å²) in [6, 6.07) is 16.0. The Balaban J connectivity index is 1.27. The third-order valence-corrected chi connectivity index (χ3v) is 8.72. The maximum Gasteiger partial charge on any atom is 0.243 e. The molecule has 0 atom stereocenters. The quantitative estimate of drug-likeness (QED) is 0.583. The van der Waals surface area contributed by atoms with Gasteiger partial charge in [0, 0.05) is 31.7 Å². The largest absolute Gasteiger partial charge is 0.352 e. The van der Waals surface area contributed by atoms with Crippen molar-refractivity contribution in [3.8, 4) is 11.3 Å². The highest BCUT2D eigenvalue weighted by atomic mass is 32.2. The number of aromatic nitrogens is 2. The molecule has 2 aliphatic rings. The highest BCUT2D eigenvalue weighted by Gasteiger charge is 2.29. The van der Waals surface area contributed by atoms with Crippen molar-refractivity contribution < 1.29 is 8.42 Å². The van der Waals surface area contributed by atoms with Gasteiger partial charge in [0.1, 0.15) is 0 Å². The smallest absolute Gasteiger partial charge is 0.243 e. The van der Waals surface area contributed by atoms with E-state index in [2.05, 4.69) is 47.1 Å². The fraction of sp³-hybridized carbons (Fsp3) is 0.385. The Bertz CT molecular complexity index is 1260. The lowest BCUT2D eigenvalue weighted by atomic mass is 9.92. The van der Waals surface area contributed by atoms with Crippen LogP contribution in [0.15, 0.2) is 53.4 Å². The second-order valence-corrected chi connectivity index (χ2v) is 11.1. The van der Waals surface area contributed by atoms with E-state index in [9.17, 15) is 8.42 Å². The predicted molar refractivity (Wildman–Crippen MR) is 131 cm³/mol. The van der Waals surface area contributed by atoms with Crippen molar-refractivity contribution >= 4 is 15.8 Å². The zero-order valence-corrected chi connectivity index (χ0v) is 20.1. The molecule has 6 nitrogen and oxygen atoms in total. The Morgan fingerprint density at radius 1 is 0.788 bits per heavy atom. The molecule has 3 aromatic rings. The summed E-state index contributed by atoms with van der Waals surface area (Å²) in [5.41, 5.74) is 6.83. The Kier molecular flexibility index (Phi) is 5.93. The van der Waals surface area contributed by atoms with Gasteiger partial charge in [-0.25, -0.2) is 8.42 Å². The maximum absolute atomic E-state index is 13.3. The van der Waals surface area contributed by atoms with E-state index < -0.39 is 10.0 Å². The lowest BCUT2D eigenvalue weighted by Crippen LogP contribution is -2.49. The minimum absolute atomic E-state index is 0.425. The molecule has 1 saturated heterocycles. The van der Waals surface area contributed by atoms with Crippen molar-refractivity contribution in [3.05, 3.63) is 70.8 Å². The van der Waals surface area contributed by atoms with Gasteiger partial charge >= 0.3 is 0 Å². The van der Waals surface area contributed by atoms with Gasteiger partial charge in [-0.05, 0) is 80.5 Å². The molecule has 1 aromatic heterocycles. The first-order chi connectivity index (χ1) is 15.9. The highest BCUT2D eigenvalue weighted by molar-refractivity contribution is 7.89. The average Bonchev–Trinajstić information content (AvgIpc) is 2.84. The summed E-state index contributed by atoms with van der Waals surface area (Å²) in [5.74, 6) is 0.786. The highest BCUT2D eigenvalue weighted by Crippen LogP contribution is 2.27. The van der Waals surface area contributed by atoms with Crippen LogP contribution in [-0.2, 0) is 22.9 Å². The van der Waals surface area contributed by atoms with Crippen LogP contribution in [0.1, 0.15) is 35.1 Å². The number of sulfonamides is 1. The SMILES string of the molecule is Cc1ccc(-c2ccc(N3CCN(S(=O)(=O)c4ccc5c(c4)CCCC5)CC3)nn2)c(C)c1. The Labute approximate surface area is 196 Å². The molecule has 1 aliphatic carbocycles. The van der Waals surface area contributed by atoms with Crippen LogP contribution in [0, 0.1) is 13.8 Å². The number of hydrogen-bond acceptors (Lipinski definition) is 5. The zero-order valence-electron chi connectivity index (χ0n) is 19.3. The predicted octanol–water partition coefficient (Wildman–Crippen LogP) is 4.15. The van der Waals surface area contributed by atoms with Gasteiger partial charge in [0.05, 0.1) is 10.6 Å². The molecule has 172 valence electrons. The summed E-state index contributed by atoms with van der Waals surface area (Å²) >= 11 is 0. The lowest BCUT2D eigenvalue weighted by molar-refractivity contribution is 0.383. The van der Waals surface area contributed by atoms with E-state index in [0.717, 1.165) is 36.3 Å². The molecule has 0 N–H and O–H groups in total. The number of anilines is 1. The van der Waals surface area contributed by atoms with Crippen LogP contribution < -0.4 is 4.90 Å². The molecular formula is C26H30N4O2S. The van der Waals surface area contributed by atoms with Crippen LogP contribution in [-0.4, -0.2) is 49.1 Å². The molecule has 0 spiro atoms. The third kappa shape index (κ3) is 4.39. The minimum Gasteiger partial charge on any atom is -0.352 e. The molecule has 0 bridgehead atoms. The Morgan fingerprint density at radius 3 is 2.24 bits per heavy atom. The third-order valence-electron chi connectivity index (χ3n) is 6.83. The average molecular weight is 463 g/mol. The molecule has 5 rings (SSSR count). The van der Waals surface area contributed by atoms with Crippen molar-refractivity contribution in [2.75, 3.05) is 31.1 Å². The van der Waals surface area contributed by atoms with Crippen LogP contribution in [0.3, 0.4) is 0 Å². The van der Waals surface area contributed by atoms with Crippen LogP contribution in [0.4, 0.5) is 5.82 Å². The number of rotatable bonds is 4. The van der Waals surface area contributed by atoms with Crippen LogP contribution in [0.2, 0.25) is 0 Å². The fourth-order valence-corrected chi connectivity index (χ4v) is 6.39. The molecule has 0 saturated carbocycles. The minimum atomic E-state index is -3.48. The summed E-state index contributed by atoms with van der Waals surface area (Å²) in [4.78, 5) is 2.53. The van der Waals surface area contributed by atoms with Crippen LogP contribution in [0.5, 0.6) is 0 Å². The van der Waals surface area contributed by atoms with Gasteiger partial charge in [-0.15, -0.1) is 10.2 Å². The summed E-state index contributed by atoms with van der Waals surface area (Å²) < 4.78 is 28.1. The molecule has 2 heterocycles. The first-order valence-electron chi connectivity index (χ1n) is 11.7. The summed E-state index contributed by atoms with van der Waals surface area (Å²) in [7, 11) is -3.48. The summed E-state index contributed by atoms with van der Waals surface area (Å²) in [6.45, 7) is 6.25. The first kappa shape index (κ1) is 22.0. The van der Waals surface area contributed by atoms with E-state index in [-0.39, 0.29) is 0 Å². The van der Waals surface area contributed by atoms with Crippen molar-refractivity contribution in [2.45, 2.75) is 44.4 Å². The topological polar surface area (TPSA) is 66.4 Å². The molecule has 1 fully saturated rings. The van der Waals surface area contributed by atoms with Gasteiger partial charge in [-0.3, -0.25) is 0 Å². The van der Waals surface area contributed by atoms with E-state index >= 15 is 0 Å². The number of benzene rings is 2. The van der Waals surface area contributed by atoms with Crippen molar-refractivity contribution in [1.29, 1.82) is 0 Å². The molecule has 2 aromatic carbocycles. The lowest BCUT2D eigenvalue weighted by Gasteiger charge is -2.34. The van der Waals surface area contributed by atoms with Gasteiger partial charge in [-0.2, -0.15) is 4.31 Å². The molecular weight excluding hydrogens is 432 g/mol. The van der Waals surface area contributed by atoms with E-state index in [1.54, 1.807) is 10.4 Å². The Hall–Kier alpha value is -2.77. The number of aryl methyl sites for hydroxylation is 4. The summed E-state index contributed by atoms with van der Waals surface area (Å²) in [6.07, 6.45) is 4.36. The number of fused-ring (bicyclic) bond motifs is 1. The normalized spacial score (nSPS) is 17.1. The molecule has 33 heavy (non-hydrogen) atoms. The standard InChI is InChI=1S/C26H30N4O2S/c1-19-7-10-24(20(2)17-19)25-11-12-26(28-27-25)29-13-15-30(16-14-29)33(31,32)23-9-8-21-5-3-4-6-22(21)18-23/h7-12,17-18H,3-6,13-16H2,1-2H3. The van der Waals surface area contributed by atoms with Crippen LogP contribution >= 0.6 is 0 Å². The number of hydrogen-bond donors (Lipinski definition) is 0. The van der Waals surface area contributed by atoms with Crippen molar-refractivity contribution in [3.63, 3.8) is 0 Å². The van der Waals surface area contributed by atoms with Crippen LogP contribution in [0.25, 0.3) is 11.3 Å². The zero-order chi connectivity index (χ0) is 23.0. The van der Waals surface area contributed by atoms with Gasteiger partial charge in [0.25, 0.3) is 0 Å². The maximum atomic E-state index is 13.3. The molecule has 0 amide bonds. The molecule has 0 unspecified atom stereocenters. The van der Waals surface area contributed by atoms with E-state index in [1.807, 2.05) is 24.3 Å². The first-order valence-corrected chi connectivity index (χ1v) is 13.1. The van der Waals surface area contributed by atoms with Crippen molar-refractivity contribution in [2.24, 2.45) is 0 Å². The second-order valence-electron chi connectivity index (χ2n) is 9.12. The second kappa shape index (κ2) is 8.88. The summed E-state index contributed by atoms with van der Waals surface area (Å²) in [5, 5.41) is 8.89. The molecule has 7 heteroatoms. The van der Waals surface area contributed by atoms with Gasteiger partial charge in [0.2, 0.25) is 10.0 Å². The monoisotopic (exact) mass is 462 g/mol. The van der Waals surface area contributed by atoms with Gasteiger partial charge in [-0.1, -0.05) is 29.8 Å². The molecule has 1 aliphatic heterocycles. The van der Waals surface area contributed by atoms with Crippen molar-refractivity contribution in [1.82, 2.24) is 14.5 Å². The van der Waals surface area contributed by atoms with E-state index in [0.29, 0.717) is 31.1 Å². The Morgan fingerprint density at radius 2 is 1.55 bits per heavy atom. The van der Waals surface area contributed by atoms with Gasteiger partial charge in [0.15, 0.2) is 5.82 Å². The van der Waals surface area contributed by atoms with E-state index in [4.69, 9.17) is 0 Å². The fourth-order valence-electron chi connectivity index (χ4n) is 4.92. The molecule has 0 radical (unpaired) electrons. The number of nitrogens with zero attached hydrogens (tertiary/aromatic N) is 4. The van der Waals surface area contributed by atoms with E-state index in [1.165, 1.54) is 28.7 Å².